The number of unbranched alkanes of at least 4 members (excludes halogenated alkanes) is 1. The molecule has 0 saturated carbocycles. The molecule has 8 heteroatoms. The van der Waals surface area contributed by atoms with Crippen LogP contribution in [0.5, 0.6) is 0 Å². The second-order valence-electron chi connectivity index (χ2n) is 11.3. The van der Waals surface area contributed by atoms with Gasteiger partial charge in [-0.3, -0.25) is 14.4 Å². The zero-order valence-corrected chi connectivity index (χ0v) is 23.4. The van der Waals surface area contributed by atoms with Crippen LogP contribution in [0.25, 0.3) is 0 Å². The molecule has 3 saturated heterocycles. The second-order valence-corrected chi connectivity index (χ2v) is 11.3. The fourth-order valence-corrected chi connectivity index (χ4v) is 6.99. The van der Waals surface area contributed by atoms with E-state index in [0.717, 1.165) is 12.0 Å². The summed E-state index contributed by atoms with van der Waals surface area (Å²) in [5.41, 5.74) is -0.901. The normalized spacial score (nSPS) is 28.8. The topological polar surface area (TPSA) is 90.4 Å². The largest absolute Gasteiger partial charge is 0.396 e. The summed E-state index contributed by atoms with van der Waals surface area (Å²) in [7, 11) is 0. The Morgan fingerprint density at radius 2 is 1.79 bits per heavy atom. The van der Waals surface area contributed by atoms with Crippen LogP contribution in [0.1, 0.15) is 51.5 Å². The van der Waals surface area contributed by atoms with E-state index in [1.54, 1.807) is 26.9 Å². The van der Waals surface area contributed by atoms with Gasteiger partial charge in [-0.25, -0.2) is 0 Å². The summed E-state index contributed by atoms with van der Waals surface area (Å²) < 4.78 is 6.77. The number of aliphatic hydroxyl groups excluding tert-OH is 1. The minimum absolute atomic E-state index is 0.00895. The number of amides is 3. The highest BCUT2D eigenvalue weighted by molar-refractivity contribution is 5.99. The van der Waals surface area contributed by atoms with Gasteiger partial charge in [-0.2, -0.15) is 0 Å². The van der Waals surface area contributed by atoms with Crippen molar-refractivity contribution in [1.29, 1.82) is 0 Å². The third-order valence-electron chi connectivity index (χ3n) is 8.62. The minimum atomic E-state index is -1.06. The van der Waals surface area contributed by atoms with Gasteiger partial charge in [0.15, 0.2) is 0 Å². The molecular weight excluding hydrogens is 494 g/mol. The summed E-state index contributed by atoms with van der Waals surface area (Å²) in [6.45, 7) is 13.6. The van der Waals surface area contributed by atoms with E-state index in [2.05, 4.69) is 13.2 Å². The molecule has 1 spiro atoms. The maximum absolute atomic E-state index is 14.4. The predicted octanol–water partition coefficient (Wildman–Crippen LogP) is 3.16. The average molecular weight is 538 g/mol. The van der Waals surface area contributed by atoms with Crippen molar-refractivity contribution < 1.29 is 24.2 Å². The molecule has 5 atom stereocenters. The summed E-state index contributed by atoms with van der Waals surface area (Å²) in [5.74, 6) is -1.87. The highest BCUT2D eigenvalue weighted by Gasteiger charge is 2.78. The molecule has 2 unspecified atom stereocenters. The first-order valence-electron chi connectivity index (χ1n) is 14.2. The molecule has 1 N–H and O–H groups in total. The predicted molar refractivity (Wildman–Crippen MR) is 149 cm³/mol. The Bertz CT molecular complexity index is 1080. The summed E-state index contributed by atoms with van der Waals surface area (Å²) >= 11 is 0. The second kappa shape index (κ2) is 12.0. The standard InChI is InChI=1S/C31H43N3O5/c1-5-17-32(18-6-2)27(36)24-25-28(37)34(20-11-12-21-35)26(31(25)16-15-30(24,4)39-31)29(38)33(19-7-3)22-23-13-9-8-10-14-23/h5,7-10,13-14,24-26,35H,1,3,6,11-12,15-22H2,2,4H3/t24-,25+,26?,30+,31?/m1/s1. The highest BCUT2D eigenvalue weighted by atomic mass is 16.5. The van der Waals surface area contributed by atoms with Crippen LogP contribution in [-0.2, 0) is 25.7 Å². The van der Waals surface area contributed by atoms with Crippen molar-refractivity contribution in [2.75, 3.05) is 32.8 Å². The molecule has 0 aliphatic carbocycles. The van der Waals surface area contributed by atoms with Crippen molar-refractivity contribution in [3.05, 3.63) is 61.2 Å². The van der Waals surface area contributed by atoms with Gasteiger partial charge in [0.25, 0.3) is 0 Å². The number of aliphatic hydroxyl groups is 1. The van der Waals surface area contributed by atoms with Crippen LogP contribution in [0.2, 0.25) is 0 Å². The van der Waals surface area contributed by atoms with E-state index >= 15 is 0 Å². The van der Waals surface area contributed by atoms with Gasteiger partial charge in [-0.05, 0) is 44.6 Å². The number of rotatable bonds is 14. The van der Waals surface area contributed by atoms with Gasteiger partial charge >= 0.3 is 0 Å². The van der Waals surface area contributed by atoms with E-state index in [1.165, 1.54) is 0 Å². The van der Waals surface area contributed by atoms with E-state index in [9.17, 15) is 19.5 Å². The molecule has 212 valence electrons. The Morgan fingerprint density at radius 3 is 2.44 bits per heavy atom. The third-order valence-corrected chi connectivity index (χ3v) is 8.62. The van der Waals surface area contributed by atoms with Crippen molar-refractivity contribution in [3.63, 3.8) is 0 Å². The lowest BCUT2D eigenvalue weighted by Crippen LogP contribution is -2.56. The molecule has 3 amide bonds. The maximum Gasteiger partial charge on any atom is 0.248 e. The number of ether oxygens (including phenoxy) is 1. The average Bonchev–Trinajstić information content (AvgIpc) is 3.49. The van der Waals surface area contributed by atoms with Crippen LogP contribution in [0.4, 0.5) is 0 Å². The molecular formula is C31H43N3O5. The Hall–Kier alpha value is -2.97. The molecule has 0 aromatic heterocycles. The number of fused-ring (bicyclic) bond motifs is 1. The smallest absolute Gasteiger partial charge is 0.248 e. The van der Waals surface area contributed by atoms with Crippen molar-refractivity contribution in [1.82, 2.24) is 14.7 Å². The van der Waals surface area contributed by atoms with E-state index in [1.807, 2.05) is 44.2 Å². The number of likely N-dealkylation sites (tertiary alicyclic amines) is 1. The first-order valence-corrected chi connectivity index (χ1v) is 14.2. The van der Waals surface area contributed by atoms with Gasteiger partial charge in [-0.1, -0.05) is 49.4 Å². The van der Waals surface area contributed by atoms with Gasteiger partial charge < -0.3 is 24.5 Å². The van der Waals surface area contributed by atoms with Gasteiger partial charge in [-0.15, -0.1) is 13.2 Å². The Labute approximate surface area is 232 Å². The number of benzene rings is 1. The molecule has 3 aliphatic heterocycles. The Morgan fingerprint density at radius 1 is 1.10 bits per heavy atom. The van der Waals surface area contributed by atoms with Crippen LogP contribution in [0.15, 0.2) is 55.6 Å². The Balaban J connectivity index is 1.74. The molecule has 8 nitrogen and oxygen atoms in total. The van der Waals surface area contributed by atoms with E-state index in [0.29, 0.717) is 58.4 Å². The van der Waals surface area contributed by atoms with Crippen LogP contribution in [-0.4, -0.2) is 87.6 Å². The summed E-state index contributed by atoms with van der Waals surface area (Å²) in [4.78, 5) is 47.8. The lowest BCUT2D eigenvalue weighted by atomic mass is 9.66. The summed E-state index contributed by atoms with van der Waals surface area (Å²) in [5, 5.41) is 9.41. The van der Waals surface area contributed by atoms with Crippen LogP contribution in [0.3, 0.4) is 0 Å². The van der Waals surface area contributed by atoms with Crippen molar-refractivity contribution in [3.8, 4) is 0 Å². The van der Waals surface area contributed by atoms with Gasteiger partial charge in [0.05, 0.1) is 17.4 Å². The summed E-state index contributed by atoms with van der Waals surface area (Å²) in [6.07, 6.45) is 6.42. The zero-order chi connectivity index (χ0) is 28.2. The van der Waals surface area contributed by atoms with Gasteiger partial charge in [0.2, 0.25) is 17.7 Å². The van der Waals surface area contributed by atoms with Crippen LogP contribution < -0.4 is 0 Å². The fourth-order valence-electron chi connectivity index (χ4n) is 6.99. The number of carbonyl (C=O) groups is 3. The molecule has 0 radical (unpaired) electrons. The molecule has 1 aromatic carbocycles. The quantitative estimate of drug-likeness (QED) is 0.291. The lowest BCUT2D eigenvalue weighted by Gasteiger charge is -2.37. The number of hydrogen-bond acceptors (Lipinski definition) is 5. The molecule has 39 heavy (non-hydrogen) atoms. The third kappa shape index (κ3) is 5.16. The van der Waals surface area contributed by atoms with E-state index in [4.69, 9.17) is 4.74 Å². The van der Waals surface area contributed by atoms with Crippen LogP contribution >= 0.6 is 0 Å². The minimum Gasteiger partial charge on any atom is -0.396 e. The first kappa shape index (κ1) is 29.0. The highest BCUT2D eigenvalue weighted by Crippen LogP contribution is 2.63. The fraction of sp³-hybridized carbons (Fsp3) is 0.581. The maximum atomic E-state index is 14.4. The number of hydrogen-bond donors (Lipinski definition) is 1. The summed E-state index contributed by atoms with van der Waals surface area (Å²) in [6, 6.07) is 8.91. The monoisotopic (exact) mass is 537 g/mol. The van der Waals surface area contributed by atoms with Gasteiger partial charge in [0, 0.05) is 39.3 Å². The molecule has 2 bridgehead atoms. The zero-order valence-electron chi connectivity index (χ0n) is 23.4. The van der Waals surface area contributed by atoms with Crippen molar-refractivity contribution >= 4 is 17.7 Å². The number of carbonyl (C=O) groups excluding carboxylic acids is 3. The molecule has 3 fully saturated rings. The Kier molecular flexibility index (Phi) is 8.96. The van der Waals surface area contributed by atoms with Crippen molar-refractivity contribution in [2.24, 2.45) is 11.8 Å². The van der Waals surface area contributed by atoms with E-state index in [-0.39, 0.29) is 24.3 Å². The van der Waals surface area contributed by atoms with Gasteiger partial charge in [0.1, 0.15) is 11.6 Å². The first-order chi connectivity index (χ1) is 18.8. The molecule has 3 heterocycles. The SMILES string of the molecule is C=CCN(Cc1ccccc1)C(=O)C1N(CCCCO)C(=O)[C@@H]2[C@H](C(=O)N(CC=C)CCC)[C@]3(C)CCC12O3. The van der Waals surface area contributed by atoms with Crippen LogP contribution in [0, 0.1) is 11.8 Å². The van der Waals surface area contributed by atoms with E-state index < -0.39 is 29.1 Å². The molecule has 1 aromatic rings. The van der Waals surface area contributed by atoms with Crippen molar-refractivity contribution in [2.45, 2.75) is 69.7 Å². The lowest BCUT2D eigenvalue weighted by molar-refractivity contribution is -0.153. The molecule has 4 rings (SSSR count). The molecule has 3 aliphatic rings. The number of nitrogens with zero attached hydrogens (tertiary/aromatic N) is 3.